The Balaban J connectivity index is 1.63. The van der Waals surface area contributed by atoms with Gasteiger partial charge >= 0.3 is 6.03 Å². The molecule has 0 unspecified atom stereocenters. The van der Waals surface area contributed by atoms with Gasteiger partial charge in [-0.15, -0.1) is 0 Å². The highest BCUT2D eigenvalue weighted by Crippen LogP contribution is 2.36. The molecule has 3 aromatic rings. The number of unbranched alkanes of at least 4 members (excludes halogenated alkanes) is 10. The number of rotatable bonds is 18. The number of halogens is 1. The number of fused-ring (bicyclic) bond motifs is 1. The Kier molecular flexibility index (Phi) is 13.8. The minimum atomic E-state index is -3.67. The number of pyridine rings is 1. The minimum absolute atomic E-state index is 0.114. The number of nitrogens with one attached hydrogen (secondary N) is 2. The maximum Gasteiger partial charge on any atom is 0.323 e. The Morgan fingerprint density at radius 2 is 1.43 bits per heavy atom. The number of hydrogen-bond acceptors (Lipinski definition) is 5. The highest BCUT2D eigenvalue weighted by atomic mass is 35.5. The fraction of sp³-hybridized carbons (Fsp3) is 0.500. The number of sulfonamides is 1. The second-order valence-corrected chi connectivity index (χ2v) is 13.0. The molecule has 3 rings (SSSR count). The first-order valence-corrected chi connectivity index (χ1v) is 17.0. The fourth-order valence-corrected chi connectivity index (χ4v) is 6.69. The summed E-state index contributed by atoms with van der Waals surface area (Å²) in [6, 6.07) is 10.5. The van der Waals surface area contributed by atoms with Crippen LogP contribution in [0.5, 0.6) is 5.75 Å². The molecule has 2 aromatic carbocycles. The van der Waals surface area contributed by atoms with Gasteiger partial charge in [-0.2, -0.15) is 4.31 Å². The van der Waals surface area contributed by atoms with Crippen LogP contribution >= 0.6 is 11.6 Å². The van der Waals surface area contributed by atoms with Gasteiger partial charge in [0.15, 0.2) is 5.75 Å². The number of urea groups is 1. The standard InChI is InChI=1S/C32H45ClN4O4S/c1-3-5-7-9-11-13-22-37(23-14-12-10-8-6-4-2)42(40,41)26-19-17-25(18-20-26)35-32(39)36-29-24-28(33)27-16-15-21-34-30(27)31(29)38/h15-21,24,38H,3-14,22-23H2,1-2H3,(H2,35,36,39). The molecule has 1 aromatic heterocycles. The van der Waals surface area contributed by atoms with Crippen molar-refractivity contribution < 1.29 is 18.3 Å². The quantitative estimate of drug-likeness (QED) is 0.0975. The zero-order valence-corrected chi connectivity index (χ0v) is 26.4. The van der Waals surface area contributed by atoms with E-state index in [4.69, 9.17) is 11.6 Å². The third kappa shape index (κ3) is 9.85. The van der Waals surface area contributed by atoms with Crippen molar-refractivity contribution in [2.45, 2.75) is 95.8 Å². The van der Waals surface area contributed by atoms with Gasteiger partial charge in [0.05, 0.1) is 15.6 Å². The maximum absolute atomic E-state index is 13.6. The highest BCUT2D eigenvalue weighted by Gasteiger charge is 2.24. The summed E-state index contributed by atoms with van der Waals surface area (Å²) in [7, 11) is -3.67. The fourth-order valence-electron chi connectivity index (χ4n) is 4.92. The van der Waals surface area contributed by atoms with Crippen LogP contribution in [0.2, 0.25) is 5.02 Å². The molecule has 42 heavy (non-hydrogen) atoms. The molecule has 10 heteroatoms. The number of benzene rings is 2. The maximum atomic E-state index is 13.6. The molecule has 0 radical (unpaired) electrons. The average molecular weight is 617 g/mol. The zero-order chi connectivity index (χ0) is 30.4. The SMILES string of the molecule is CCCCCCCCN(CCCCCCCC)S(=O)(=O)c1ccc(NC(=O)Nc2cc(Cl)c3cccnc3c2O)cc1. The molecule has 230 valence electrons. The second-order valence-electron chi connectivity index (χ2n) is 10.7. The molecule has 0 saturated carbocycles. The van der Waals surface area contributed by atoms with Crippen molar-refractivity contribution in [2.75, 3.05) is 23.7 Å². The zero-order valence-electron chi connectivity index (χ0n) is 24.9. The number of carbonyl (C=O) groups excluding carboxylic acids is 1. The molecule has 0 spiro atoms. The Labute approximate surface area is 255 Å². The number of amides is 2. The Morgan fingerprint density at radius 3 is 2.02 bits per heavy atom. The van der Waals surface area contributed by atoms with E-state index < -0.39 is 16.1 Å². The lowest BCUT2D eigenvalue weighted by atomic mass is 10.1. The number of aromatic hydroxyl groups is 1. The highest BCUT2D eigenvalue weighted by molar-refractivity contribution is 7.89. The van der Waals surface area contributed by atoms with E-state index in [1.165, 1.54) is 62.9 Å². The van der Waals surface area contributed by atoms with E-state index in [-0.39, 0.29) is 21.8 Å². The monoisotopic (exact) mass is 616 g/mol. The van der Waals surface area contributed by atoms with Crippen LogP contribution in [0.1, 0.15) is 90.9 Å². The van der Waals surface area contributed by atoms with Crippen molar-refractivity contribution >= 4 is 49.9 Å². The molecule has 0 fully saturated rings. The van der Waals surface area contributed by atoms with Crippen molar-refractivity contribution in [3.63, 3.8) is 0 Å². The van der Waals surface area contributed by atoms with Crippen LogP contribution < -0.4 is 10.6 Å². The lowest BCUT2D eigenvalue weighted by Crippen LogP contribution is -2.33. The second kappa shape index (κ2) is 17.3. The lowest BCUT2D eigenvalue weighted by molar-refractivity contribution is 0.262. The molecule has 0 atom stereocenters. The topological polar surface area (TPSA) is 112 Å². The lowest BCUT2D eigenvalue weighted by Gasteiger charge is -2.22. The molecule has 8 nitrogen and oxygen atoms in total. The molecule has 0 aliphatic rings. The number of nitrogens with zero attached hydrogens (tertiary/aromatic N) is 2. The number of anilines is 2. The van der Waals surface area contributed by atoms with E-state index >= 15 is 0 Å². The van der Waals surface area contributed by atoms with Gasteiger partial charge in [-0.1, -0.05) is 89.7 Å². The minimum Gasteiger partial charge on any atom is -0.504 e. The van der Waals surface area contributed by atoms with Gasteiger partial charge in [0.25, 0.3) is 0 Å². The van der Waals surface area contributed by atoms with Gasteiger partial charge in [-0.25, -0.2) is 13.2 Å². The van der Waals surface area contributed by atoms with Crippen molar-refractivity contribution in [1.82, 2.24) is 9.29 Å². The largest absolute Gasteiger partial charge is 0.504 e. The predicted molar refractivity (Wildman–Crippen MR) is 173 cm³/mol. The summed E-state index contributed by atoms with van der Waals surface area (Å²) in [4.78, 5) is 17.0. The van der Waals surface area contributed by atoms with Crippen molar-refractivity contribution in [2.24, 2.45) is 0 Å². The Bertz CT molecular complexity index is 1370. The number of phenolic OH excluding ortho intramolecular Hbond substituents is 1. The van der Waals surface area contributed by atoms with Crippen LogP contribution in [0, 0.1) is 0 Å². The van der Waals surface area contributed by atoms with Crippen LogP contribution in [-0.4, -0.2) is 41.9 Å². The number of phenols is 1. The summed E-state index contributed by atoms with van der Waals surface area (Å²) in [6.07, 6.45) is 14.7. The van der Waals surface area contributed by atoms with Gasteiger partial charge in [-0.3, -0.25) is 4.98 Å². The normalized spacial score (nSPS) is 11.7. The predicted octanol–water partition coefficient (Wildman–Crippen LogP) is 8.95. The molecule has 0 saturated heterocycles. The summed E-state index contributed by atoms with van der Waals surface area (Å²) in [5.41, 5.74) is 0.804. The van der Waals surface area contributed by atoms with E-state index in [1.807, 2.05) is 0 Å². The van der Waals surface area contributed by atoms with Crippen molar-refractivity contribution in [3.8, 4) is 5.75 Å². The first-order chi connectivity index (χ1) is 20.3. The first-order valence-electron chi connectivity index (χ1n) is 15.2. The van der Waals surface area contributed by atoms with Crippen molar-refractivity contribution in [1.29, 1.82) is 0 Å². The van der Waals surface area contributed by atoms with Crippen molar-refractivity contribution in [3.05, 3.63) is 53.7 Å². The molecule has 0 aliphatic carbocycles. The van der Waals surface area contributed by atoms with E-state index in [9.17, 15) is 18.3 Å². The first kappa shape index (κ1) is 33.6. The summed E-state index contributed by atoms with van der Waals surface area (Å²) in [5.74, 6) is -0.192. The molecule has 2 amide bonds. The molecular formula is C32H45ClN4O4S. The average Bonchev–Trinajstić information content (AvgIpc) is 2.98. The molecular weight excluding hydrogens is 572 g/mol. The number of aromatic nitrogens is 1. The van der Waals surface area contributed by atoms with Crippen LogP contribution in [0.15, 0.2) is 53.6 Å². The summed E-state index contributed by atoms with van der Waals surface area (Å²) in [6.45, 7) is 5.40. The summed E-state index contributed by atoms with van der Waals surface area (Å²) >= 11 is 6.30. The van der Waals surface area contributed by atoms with Crippen LogP contribution in [0.25, 0.3) is 10.9 Å². The number of hydrogen-bond donors (Lipinski definition) is 3. The Morgan fingerprint density at radius 1 is 0.857 bits per heavy atom. The third-order valence-corrected chi connectivity index (χ3v) is 9.56. The van der Waals surface area contributed by atoms with E-state index in [1.54, 1.807) is 28.6 Å². The van der Waals surface area contributed by atoms with Gasteiger partial charge in [0.1, 0.15) is 5.52 Å². The van der Waals surface area contributed by atoms with E-state index in [0.29, 0.717) is 29.2 Å². The molecule has 3 N–H and O–H groups in total. The molecule has 1 heterocycles. The van der Waals surface area contributed by atoms with Gasteiger partial charge in [0, 0.05) is 30.4 Å². The molecule has 0 aliphatic heterocycles. The molecule has 0 bridgehead atoms. The summed E-state index contributed by atoms with van der Waals surface area (Å²) in [5, 5.41) is 16.7. The van der Waals surface area contributed by atoms with E-state index in [0.717, 1.165) is 38.5 Å². The summed E-state index contributed by atoms with van der Waals surface area (Å²) < 4.78 is 28.8. The third-order valence-electron chi connectivity index (χ3n) is 7.34. The van der Waals surface area contributed by atoms with Gasteiger partial charge in [0.2, 0.25) is 10.0 Å². The van der Waals surface area contributed by atoms with E-state index in [2.05, 4.69) is 29.5 Å². The van der Waals surface area contributed by atoms with Crippen LogP contribution in [0.4, 0.5) is 16.2 Å². The van der Waals surface area contributed by atoms with Gasteiger partial charge in [-0.05, 0) is 55.3 Å². The Hall–Kier alpha value is -2.88. The smallest absolute Gasteiger partial charge is 0.323 e. The van der Waals surface area contributed by atoms with Crippen LogP contribution in [0.3, 0.4) is 0 Å². The van der Waals surface area contributed by atoms with Gasteiger partial charge < -0.3 is 15.7 Å². The number of carbonyl (C=O) groups is 1. The van der Waals surface area contributed by atoms with Crippen LogP contribution in [-0.2, 0) is 10.0 Å².